The van der Waals surface area contributed by atoms with Gasteiger partial charge in [0, 0.05) is 21.8 Å². The number of nitrogens with zero attached hydrogens (tertiary/aromatic N) is 1. The molecule has 160 valence electrons. The Morgan fingerprint density at radius 1 is 1.09 bits per heavy atom. The zero-order valence-corrected chi connectivity index (χ0v) is 19.6. The first-order valence-corrected chi connectivity index (χ1v) is 12.5. The molecule has 4 rings (SSSR count). The van der Waals surface area contributed by atoms with Crippen LogP contribution in [-0.2, 0) is 4.79 Å². The molecule has 0 saturated carbocycles. The number of dihydropyridines is 1. The first-order valence-electron chi connectivity index (χ1n) is 9.80. The minimum atomic E-state index is -0.496. The molecule has 0 aliphatic carbocycles. The largest absolute Gasteiger partial charge is 0.353 e. The second kappa shape index (κ2) is 10.0. The van der Waals surface area contributed by atoms with Gasteiger partial charge in [-0.25, -0.2) is 0 Å². The highest BCUT2D eigenvalue weighted by Gasteiger charge is 2.35. The van der Waals surface area contributed by atoms with E-state index < -0.39 is 5.92 Å². The number of carbonyl (C=O) groups excluding carboxylic acids is 2. The van der Waals surface area contributed by atoms with E-state index in [-0.39, 0.29) is 17.4 Å². The molecule has 1 aromatic carbocycles. The lowest BCUT2D eigenvalue weighted by Crippen LogP contribution is -2.30. The maximum Gasteiger partial charge on any atom is 0.254 e. The molecule has 0 unspecified atom stereocenters. The molecule has 1 atom stereocenters. The minimum Gasteiger partial charge on any atom is -0.353 e. The molecule has 32 heavy (non-hydrogen) atoms. The number of thioether (sulfide) groups is 1. The Kier molecular flexibility index (Phi) is 6.90. The normalized spacial score (nSPS) is 15.8. The lowest BCUT2D eigenvalue weighted by molar-refractivity contribution is -0.113. The summed E-state index contributed by atoms with van der Waals surface area (Å²) in [5, 5.41) is 20.6. The highest BCUT2D eigenvalue weighted by atomic mass is 32.2. The number of hydrogen-bond donors (Lipinski definition) is 2. The van der Waals surface area contributed by atoms with Gasteiger partial charge in [0.25, 0.3) is 5.91 Å². The zero-order valence-electron chi connectivity index (χ0n) is 17.1. The van der Waals surface area contributed by atoms with Gasteiger partial charge in [0.05, 0.1) is 33.2 Å². The van der Waals surface area contributed by atoms with Crippen molar-refractivity contribution in [3.63, 3.8) is 0 Å². The summed E-state index contributed by atoms with van der Waals surface area (Å²) >= 11 is 4.21. The third-order valence-corrected chi connectivity index (χ3v) is 7.76. The SMILES string of the molecule is CC1=C(C(=O)Nc2ccccc2)[C@H](c2cccs2)C(C#N)=C(SCC(=O)c2cccs2)N1. The van der Waals surface area contributed by atoms with Crippen LogP contribution in [0.15, 0.2) is 87.2 Å². The van der Waals surface area contributed by atoms with Crippen LogP contribution < -0.4 is 10.6 Å². The highest BCUT2D eigenvalue weighted by molar-refractivity contribution is 8.03. The molecule has 5 nitrogen and oxygen atoms in total. The first-order chi connectivity index (χ1) is 15.6. The van der Waals surface area contributed by atoms with E-state index in [2.05, 4.69) is 16.7 Å². The van der Waals surface area contributed by atoms with E-state index in [4.69, 9.17) is 0 Å². The fourth-order valence-electron chi connectivity index (χ4n) is 3.43. The molecule has 1 aliphatic rings. The van der Waals surface area contributed by atoms with E-state index in [0.717, 1.165) is 4.88 Å². The molecular weight excluding hydrogens is 458 g/mol. The zero-order chi connectivity index (χ0) is 22.5. The Morgan fingerprint density at radius 3 is 2.50 bits per heavy atom. The number of hydrogen-bond acceptors (Lipinski definition) is 7. The third kappa shape index (κ3) is 4.70. The van der Waals surface area contributed by atoms with Gasteiger partial charge in [0.15, 0.2) is 5.78 Å². The summed E-state index contributed by atoms with van der Waals surface area (Å²) in [5.41, 5.74) is 2.30. The Labute approximate surface area is 198 Å². The van der Waals surface area contributed by atoms with Crippen LogP contribution in [0, 0.1) is 11.3 Å². The number of benzene rings is 1. The molecule has 0 spiro atoms. The monoisotopic (exact) mass is 477 g/mol. The maximum absolute atomic E-state index is 13.3. The summed E-state index contributed by atoms with van der Waals surface area (Å²) in [4.78, 5) is 27.4. The number of Topliss-reactive ketones (excluding diaryl/α,β-unsaturated/α-hetero) is 1. The summed E-state index contributed by atoms with van der Waals surface area (Å²) in [6, 6.07) is 19.0. The van der Waals surface area contributed by atoms with Crippen LogP contribution in [0.4, 0.5) is 5.69 Å². The number of anilines is 1. The quantitative estimate of drug-likeness (QED) is 0.423. The fraction of sp³-hybridized carbons (Fsp3) is 0.125. The second-order valence-electron chi connectivity index (χ2n) is 6.98. The Hall–Kier alpha value is -3.12. The minimum absolute atomic E-state index is 0.0125. The Bertz CT molecular complexity index is 1220. The van der Waals surface area contributed by atoms with Gasteiger partial charge < -0.3 is 10.6 Å². The van der Waals surface area contributed by atoms with Crippen LogP contribution in [0.2, 0.25) is 0 Å². The van der Waals surface area contributed by atoms with Gasteiger partial charge in [-0.15, -0.1) is 22.7 Å². The average Bonchev–Trinajstić information content (AvgIpc) is 3.52. The lowest BCUT2D eigenvalue weighted by Gasteiger charge is -2.29. The van der Waals surface area contributed by atoms with Gasteiger partial charge in [-0.2, -0.15) is 5.26 Å². The van der Waals surface area contributed by atoms with Gasteiger partial charge in [-0.1, -0.05) is 42.1 Å². The summed E-state index contributed by atoms with van der Waals surface area (Å²) in [5.74, 6) is -0.529. The summed E-state index contributed by atoms with van der Waals surface area (Å²) in [7, 11) is 0. The average molecular weight is 478 g/mol. The molecular formula is C24H19N3O2S3. The van der Waals surface area contributed by atoms with E-state index in [0.29, 0.717) is 32.4 Å². The molecule has 0 radical (unpaired) electrons. The van der Waals surface area contributed by atoms with Crippen molar-refractivity contribution in [1.29, 1.82) is 5.26 Å². The van der Waals surface area contributed by atoms with Crippen LogP contribution in [0.25, 0.3) is 0 Å². The predicted octanol–water partition coefficient (Wildman–Crippen LogP) is 5.76. The number of nitrogens with one attached hydrogen (secondary N) is 2. The van der Waals surface area contributed by atoms with Crippen LogP contribution in [0.5, 0.6) is 0 Å². The number of carbonyl (C=O) groups is 2. The molecule has 1 aliphatic heterocycles. The van der Waals surface area contributed by atoms with Crippen LogP contribution in [-0.4, -0.2) is 17.4 Å². The van der Waals surface area contributed by atoms with Crippen molar-refractivity contribution in [2.24, 2.45) is 0 Å². The van der Waals surface area contributed by atoms with Crippen molar-refractivity contribution in [3.8, 4) is 6.07 Å². The maximum atomic E-state index is 13.3. The first kappa shape index (κ1) is 22.1. The molecule has 0 fully saturated rings. The van der Waals surface area contributed by atoms with Crippen molar-refractivity contribution in [3.05, 3.63) is 97.0 Å². The van der Waals surface area contributed by atoms with E-state index >= 15 is 0 Å². The molecule has 2 N–H and O–H groups in total. The van der Waals surface area contributed by atoms with Crippen molar-refractivity contribution >= 4 is 51.8 Å². The molecule has 2 aromatic heterocycles. The molecule has 1 amide bonds. The summed E-state index contributed by atoms with van der Waals surface area (Å²) in [6.07, 6.45) is 0. The Balaban J connectivity index is 1.65. The molecule has 3 heterocycles. The Morgan fingerprint density at radius 2 is 1.84 bits per heavy atom. The second-order valence-corrected chi connectivity index (χ2v) is 9.89. The van der Waals surface area contributed by atoms with Crippen LogP contribution in [0.3, 0.4) is 0 Å². The number of allylic oxidation sites excluding steroid dienone is 2. The van der Waals surface area contributed by atoms with Crippen LogP contribution in [0.1, 0.15) is 27.4 Å². The fourth-order valence-corrected chi connectivity index (χ4v) is 6.01. The number of amides is 1. The predicted molar refractivity (Wildman–Crippen MR) is 132 cm³/mol. The van der Waals surface area contributed by atoms with E-state index in [1.54, 1.807) is 6.07 Å². The standard InChI is InChI=1S/C24H19N3O2S3/c1-15-21(23(29)27-16-7-3-2-4-8-16)22(20-10-6-12-31-20)17(13-25)24(26-15)32-14-18(28)19-9-5-11-30-19/h2-12,22,26H,14H2,1H3,(H,27,29)/t22-/m0/s1. The number of nitriles is 1. The van der Waals surface area contributed by atoms with Gasteiger partial charge in [-0.3, -0.25) is 9.59 Å². The van der Waals surface area contributed by atoms with Gasteiger partial charge in [0.1, 0.15) is 0 Å². The third-order valence-electron chi connectivity index (χ3n) is 4.90. The highest BCUT2D eigenvalue weighted by Crippen LogP contribution is 2.42. The van der Waals surface area contributed by atoms with Crippen molar-refractivity contribution < 1.29 is 9.59 Å². The number of ketones is 1. The van der Waals surface area contributed by atoms with E-state index in [1.807, 2.05) is 66.2 Å². The van der Waals surface area contributed by atoms with Crippen LogP contribution >= 0.6 is 34.4 Å². The number of thiophene rings is 2. The lowest BCUT2D eigenvalue weighted by atomic mass is 9.86. The molecule has 8 heteroatoms. The summed E-state index contributed by atoms with van der Waals surface area (Å²) < 4.78 is 0. The van der Waals surface area contributed by atoms with E-state index in [1.165, 1.54) is 34.4 Å². The summed E-state index contributed by atoms with van der Waals surface area (Å²) in [6.45, 7) is 1.83. The topological polar surface area (TPSA) is 82.0 Å². The van der Waals surface area contributed by atoms with Gasteiger partial charge in [-0.05, 0) is 41.9 Å². The van der Waals surface area contributed by atoms with Gasteiger partial charge in [0.2, 0.25) is 0 Å². The van der Waals surface area contributed by atoms with Gasteiger partial charge >= 0.3 is 0 Å². The molecule has 3 aromatic rings. The molecule has 0 bridgehead atoms. The smallest absolute Gasteiger partial charge is 0.254 e. The number of para-hydroxylation sites is 1. The van der Waals surface area contributed by atoms with E-state index in [9.17, 15) is 14.9 Å². The van der Waals surface area contributed by atoms with Crippen molar-refractivity contribution in [2.75, 3.05) is 11.1 Å². The number of rotatable bonds is 7. The molecule has 0 saturated heterocycles. The van der Waals surface area contributed by atoms with Crippen molar-refractivity contribution in [1.82, 2.24) is 5.32 Å². The van der Waals surface area contributed by atoms with Crippen molar-refractivity contribution in [2.45, 2.75) is 12.8 Å².